The van der Waals surface area contributed by atoms with Crippen LogP contribution in [0.2, 0.25) is 5.02 Å². The monoisotopic (exact) mass is 380 g/mol. The van der Waals surface area contributed by atoms with Crippen LogP contribution in [0.4, 0.5) is 13.2 Å². The van der Waals surface area contributed by atoms with Gasteiger partial charge in [-0.05, 0) is 30.2 Å². The second-order valence-electron chi connectivity index (χ2n) is 5.94. The molecule has 3 rings (SSSR count). The minimum absolute atomic E-state index is 0.294. The lowest BCUT2D eigenvalue weighted by Gasteiger charge is -2.09. The van der Waals surface area contributed by atoms with Crippen LogP contribution in [0, 0.1) is 0 Å². The van der Waals surface area contributed by atoms with Crippen LogP contribution >= 0.6 is 11.6 Å². The molecule has 0 saturated heterocycles. The van der Waals surface area contributed by atoms with Crippen molar-refractivity contribution in [2.24, 2.45) is 7.05 Å². The summed E-state index contributed by atoms with van der Waals surface area (Å²) < 4.78 is 39.4. The van der Waals surface area contributed by atoms with Gasteiger partial charge in [-0.2, -0.15) is 13.2 Å². The number of carbonyl (C=O) groups is 1. The lowest BCUT2D eigenvalue weighted by atomic mass is 10.1. The molecule has 0 aliphatic carbocycles. The highest BCUT2D eigenvalue weighted by atomic mass is 35.5. The Morgan fingerprint density at radius 3 is 2.38 bits per heavy atom. The van der Waals surface area contributed by atoms with E-state index in [0.29, 0.717) is 29.2 Å². The van der Waals surface area contributed by atoms with Gasteiger partial charge >= 0.3 is 6.18 Å². The first-order valence-electron chi connectivity index (χ1n) is 7.96. The van der Waals surface area contributed by atoms with E-state index in [1.54, 1.807) is 11.6 Å². The molecule has 2 aromatic carbocycles. The van der Waals surface area contributed by atoms with Crippen molar-refractivity contribution in [2.75, 3.05) is 6.54 Å². The number of nitrogens with one attached hydrogen (secondary N) is 1. The minimum atomic E-state index is -4.35. The van der Waals surface area contributed by atoms with Crippen LogP contribution in [0.1, 0.15) is 21.6 Å². The maximum atomic E-state index is 12.6. The van der Waals surface area contributed by atoms with Crippen molar-refractivity contribution in [1.29, 1.82) is 0 Å². The summed E-state index contributed by atoms with van der Waals surface area (Å²) in [4.78, 5) is 12.5. The van der Waals surface area contributed by atoms with Gasteiger partial charge in [0.2, 0.25) is 0 Å². The van der Waals surface area contributed by atoms with E-state index in [1.807, 2.05) is 24.3 Å². The maximum absolute atomic E-state index is 12.6. The number of alkyl halides is 3. The van der Waals surface area contributed by atoms with Gasteiger partial charge in [-0.1, -0.05) is 41.9 Å². The normalized spacial score (nSPS) is 11.7. The largest absolute Gasteiger partial charge is 0.416 e. The standard InChI is InChI=1S/C19H16ClF3N2O/c1-25-15-5-3-2-4-14(15)16(20)17(25)18(26)24-11-10-12-6-8-13(9-7-12)19(21,22)23/h2-9H,10-11H2,1H3,(H,24,26). The van der Waals surface area contributed by atoms with Crippen LogP contribution in [0.15, 0.2) is 48.5 Å². The molecule has 0 aliphatic rings. The first kappa shape index (κ1) is 18.3. The number of aryl methyl sites for hydroxylation is 1. The third-order valence-corrected chi connectivity index (χ3v) is 4.62. The molecule has 1 N–H and O–H groups in total. The van der Waals surface area contributed by atoms with E-state index in [9.17, 15) is 18.0 Å². The molecule has 1 heterocycles. The number of carbonyl (C=O) groups excluding carboxylic acids is 1. The van der Waals surface area contributed by atoms with E-state index < -0.39 is 11.7 Å². The Labute approximate surface area is 153 Å². The summed E-state index contributed by atoms with van der Waals surface area (Å²) >= 11 is 6.33. The molecule has 0 fully saturated rings. The van der Waals surface area contributed by atoms with Gasteiger partial charge in [-0.25, -0.2) is 0 Å². The zero-order valence-corrected chi connectivity index (χ0v) is 14.7. The van der Waals surface area contributed by atoms with Crippen LogP contribution in [-0.2, 0) is 19.6 Å². The average Bonchev–Trinajstić information content (AvgIpc) is 2.86. The van der Waals surface area contributed by atoms with Crippen molar-refractivity contribution in [3.8, 4) is 0 Å². The second kappa shape index (κ2) is 7.03. The Morgan fingerprint density at radius 1 is 1.12 bits per heavy atom. The molecular weight excluding hydrogens is 365 g/mol. The molecule has 0 radical (unpaired) electrons. The zero-order chi connectivity index (χ0) is 18.9. The Morgan fingerprint density at radius 2 is 1.77 bits per heavy atom. The molecule has 1 aromatic heterocycles. The fraction of sp³-hybridized carbons (Fsp3) is 0.211. The lowest BCUT2D eigenvalue weighted by Crippen LogP contribution is -2.27. The molecule has 0 atom stereocenters. The number of hydrogen-bond donors (Lipinski definition) is 1. The van der Waals surface area contributed by atoms with Crippen LogP contribution in [0.5, 0.6) is 0 Å². The number of para-hydroxylation sites is 1. The lowest BCUT2D eigenvalue weighted by molar-refractivity contribution is -0.137. The molecule has 0 saturated carbocycles. The van der Waals surface area contributed by atoms with E-state index >= 15 is 0 Å². The molecule has 0 aliphatic heterocycles. The Hall–Kier alpha value is -2.47. The first-order valence-corrected chi connectivity index (χ1v) is 8.34. The number of aromatic nitrogens is 1. The summed E-state index contributed by atoms with van der Waals surface area (Å²) in [6.45, 7) is 0.294. The number of benzene rings is 2. The van der Waals surface area contributed by atoms with Crippen molar-refractivity contribution in [3.05, 3.63) is 70.4 Å². The van der Waals surface area contributed by atoms with E-state index in [0.717, 1.165) is 23.0 Å². The van der Waals surface area contributed by atoms with E-state index in [4.69, 9.17) is 11.6 Å². The second-order valence-corrected chi connectivity index (χ2v) is 6.32. The van der Waals surface area contributed by atoms with Crippen LogP contribution in [0.3, 0.4) is 0 Å². The molecule has 1 amide bonds. The molecule has 136 valence electrons. The Kier molecular flexibility index (Phi) is 4.96. The third-order valence-electron chi connectivity index (χ3n) is 4.24. The topological polar surface area (TPSA) is 34.0 Å². The van der Waals surface area contributed by atoms with Gasteiger partial charge < -0.3 is 9.88 Å². The quantitative estimate of drug-likeness (QED) is 0.691. The number of nitrogens with zero attached hydrogens (tertiary/aromatic N) is 1. The molecule has 26 heavy (non-hydrogen) atoms. The van der Waals surface area contributed by atoms with E-state index in [-0.39, 0.29) is 5.91 Å². The third kappa shape index (κ3) is 3.55. The highest BCUT2D eigenvalue weighted by Crippen LogP contribution is 2.30. The van der Waals surface area contributed by atoms with E-state index in [2.05, 4.69) is 5.32 Å². The summed E-state index contributed by atoms with van der Waals surface area (Å²) in [5.74, 6) is -0.319. The van der Waals surface area contributed by atoms with Crippen molar-refractivity contribution >= 4 is 28.4 Å². The fourth-order valence-electron chi connectivity index (χ4n) is 2.86. The van der Waals surface area contributed by atoms with Crippen LogP contribution in [-0.4, -0.2) is 17.0 Å². The maximum Gasteiger partial charge on any atom is 0.416 e. The smallest absolute Gasteiger partial charge is 0.350 e. The number of rotatable bonds is 4. The van der Waals surface area contributed by atoms with Gasteiger partial charge in [0, 0.05) is 24.5 Å². The Balaban J connectivity index is 1.67. The summed E-state index contributed by atoms with van der Waals surface area (Å²) in [7, 11) is 1.76. The number of fused-ring (bicyclic) bond motifs is 1. The highest BCUT2D eigenvalue weighted by molar-refractivity contribution is 6.38. The van der Waals surface area contributed by atoms with Crippen molar-refractivity contribution in [1.82, 2.24) is 9.88 Å². The average molecular weight is 381 g/mol. The van der Waals surface area contributed by atoms with Gasteiger partial charge in [0.15, 0.2) is 0 Å². The van der Waals surface area contributed by atoms with Gasteiger partial charge in [0.05, 0.1) is 10.6 Å². The predicted molar refractivity (Wildman–Crippen MR) is 95.4 cm³/mol. The van der Waals surface area contributed by atoms with E-state index in [1.165, 1.54) is 12.1 Å². The molecule has 3 nitrogen and oxygen atoms in total. The zero-order valence-electron chi connectivity index (χ0n) is 13.9. The van der Waals surface area contributed by atoms with Gasteiger partial charge in [-0.15, -0.1) is 0 Å². The summed E-state index contributed by atoms with van der Waals surface area (Å²) in [5, 5.41) is 3.95. The van der Waals surface area contributed by atoms with Gasteiger partial charge in [0.25, 0.3) is 5.91 Å². The van der Waals surface area contributed by atoms with Crippen LogP contribution in [0.25, 0.3) is 10.9 Å². The van der Waals surface area contributed by atoms with Crippen LogP contribution < -0.4 is 5.32 Å². The van der Waals surface area contributed by atoms with Crippen molar-refractivity contribution in [3.63, 3.8) is 0 Å². The summed E-state index contributed by atoms with van der Waals surface area (Å²) in [6, 6.07) is 12.3. The summed E-state index contributed by atoms with van der Waals surface area (Å²) in [6.07, 6.45) is -3.93. The molecule has 7 heteroatoms. The first-order chi connectivity index (χ1) is 12.3. The minimum Gasteiger partial charge on any atom is -0.350 e. The van der Waals surface area contributed by atoms with Crippen molar-refractivity contribution in [2.45, 2.75) is 12.6 Å². The summed E-state index contributed by atoms with van der Waals surface area (Å²) in [5.41, 5.74) is 1.24. The molecular formula is C19H16ClF3N2O. The fourth-order valence-corrected chi connectivity index (χ4v) is 3.24. The van der Waals surface area contributed by atoms with Crippen molar-refractivity contribution < 1.29 is 18.0 Å². The number of amides is 1. The molecule has 0 spiro atoms. The molecule has 0 bridgehead atoms. The molecule has 3 aromatic rings. The molecule has 0 unspecified atom stereocenters. The van der Waals surface area contributed by atoms with Gasteiger partial charge in [0.1, 0.15) is 5.69 Å². The predicted octanol–water partition coefficient (Wildman–Crippen LogP) is 4.82. The number of halogens is 4. The highest BCUT2D eigenvalue weighted by Gasteiger charge is 2.29. The van der Waals surface area contributed by atoms with Gasteiger partial charge in [-0.3, -0.25) is 4.79 Å². The number of hydrogen-bond acceptors (Lipinski definition) is 1. The Bertz CT molecular complexity index is 907. The SMILES string of the molecule is Cn1c(C(=O)NCCc2ccc(C(F)(F)F)cc2)c(Cl)c2ccccc21.